The number of rotatable bonds is 4. The molecule has 0 radical (unpaired) electrons. The standard InChI is InChI=1S/C12H27NO4SSi/c1-12(2,3)19(5,6)17-11-7-10(8-13-9-11)16-18(4,14)15/h10-11,13H,7-9H2,1-6H3. The van der Waals surface area contributed by atoms with Crippen LogP contribution in [0.1, 0.15) is 27.2 Å². The molecule has 1 saturated heterocycles. The first-order valence-corrected chi connectivity index (χ1v) is 11.4. The second-order valence-corrected chi connectivity index (χ2v) is 13.2. The van der Waals surface area contributed by atoms with Crippen molar-refractivity contribution in [3.8, 4) is 0 Å². The Morgan fingerprint density at radius 1 is 1.16 bits per heavy atom. The molecular formula is C12H27NO4SSi. The van der Waals surface area contributed by atoms with E-state index in [1.165, 1.54) is 0 Å². The van der Waals surface area contributed by atoms with Gasteiger partial charge in [-0.15, -0.1) is 0 Å². The average Bonchev–Trinajstić information content (AvgIpc) is 2.12. The molecule has 0 aromatic heterocycles. The van der Waals surface area contributed by atoms with Gasteiger partial charge in [-0.1, -0.05) is 20.8 Å². The molecule has 1 aliphatic rings. The Balaban J connectivity index is 2.61. The van der Waals surface area contributed by atoms with Crippen LogP contribution in [-0.4, -0.2) is 48.3 Å². The molecule has 1 fully saturated rings. The topological polar surface area (TPSA) is 64.6 Å². The molecule has 0 aromatic rings. The van der Waals surface area contributed by atoms with Gasteiger partial charge in [0.25, 0.3) is 10.1 Å². The number of hydrogen-bond donors (Lipinski definition) is 1. The molecule has 0 amide bonds. The minimum absolute atomic E-state index is 0.0291. The van der Waals surface area contributed by atoms with Crippen LogP contribution in [0.25, 0.3) is 0 Å². The third-order valence-corrected chi connectivity index (χ3v) is 9.00. The number of hydrogen-bond acceptors (Lipinski definition) is 5. The van der Waals surface area contributed by atoms with E-state index in [0.717, 1.165) is 12.8 Å². The lowest BCUT2D eigenvalue weighted by Gasteiger charge is -2.41. The van der Waals surface area contributed by atoms with Gasteiger partial charge in [-0.3, -0.25) is 4.18 Å². The van der Waals surface area contributed by atoms with Gasteiger partial charge >= 0.3 is 0 Å². The summed E-state index contributed by atoms with van der Waals surface area (Å²) in [5.41, 5.74) is 0. The average molecular weight is 310 g/mol. The molecule has 1 N–H and O–H groups in total. The molecule has 0 aromatic carbocycles. The van der Waals surface area contributed by atoms with Crippen molar-refractivity contribution in [3.05, 3.63) is 0 Å². The zero-order valence-corrected chi connectivity index (χ0v) is 14.6. The largest absolute Gasteiger partial charge is 0.413 e. The summed E-state index contributed by atoms with van der Waals surface area (Å²) >= 11 is 0. The van der Waals surface area contributed by atoms with Gasteiger partial charge in [0.05, 0.1) is 18.5 Å². The summed E-state index contributed by atoms with van der Waals surface area (Å²) in [6.07, 6.45) is 1.43. The van der Waals surface area contributed by atoms with Crippen molar-refractivity contribution < 1.29 is 17.0 Å². The monoisotopic (exact) mass is 309 g/mol. The zero-order chi connectivity index (χ0) is 14.9. The molecule has 1 rings (SSSR count). The second kappa shape index (κ2) is 5.81. The van der Waals surface area contributed by atoms with Gasteiger partial charge < -0.3 is 9.74 Å². The molecular weight excluding hydrogens is 282 g/mol. The fourth-order valence-corrected chi connectivity index (χ4v) is 3.88. The van der Waals surface area contributed by atoms with Crippen molar-refractivity contribution in [2.24, 2.45) is 0 Å². The van der Waals surface area contributed by atoms with Crippen molar-refractivity contribution in [1.29, 1.82) is 0 Å². The lowest BCUT2D eigenvalue weighted by atomic mass is 10.1. The molecule has 5 nitrogen and oxygen atoms in total. The first-order valence-electron chi connectivity index (χ1n) is 6.67. The van der Waals surface area contributed by atoms with Crippen LogP contribution in [0.4, 0.5) is 0 Å². The summed E-state index contributed by atoms with van der Waals surface area (Å²) in [5.74, 6) is 0. The number of nitrogens with one attached hydrogen (secondary N) is 1. The maximum atomic E-state index is 11.2. The van der Waals surface area contributed by atoms with Crippen LogP contribution in [0.2, 0.25) is 18.1 Å². The van der Waals surface area contributed by atoms with Crippen molar-refractivity contribution >= 4 is 18.4 Å². The van der Waals surface area contributed by atoms with Crippen molar-refractivity contribution in [2.45, 2.75) is 57.5 Å². The van der Waals surface area contributed by atoms with E-state index in [2.05, 4.69) is 39.2 Å². The Hall–Kier alpha value is 0.0469. The molecule has 7 heteroatoms. The SMILES string of the molecule is CC(C)(C)[Si](C)(C)OC1CNCC(OS(C)(=O)=O)C1. The summed E-state index contributed by atoms with van der Waals surface area (Å²) in [6, 6.07) is 0. The van der Waals surface area contributed by atoms with Crippen LogP contribution in [0.15, 0.2) is 0 Å². The quantitative estimate of drug-likeness (QED) is 0.633. The Labute approximate surface area is 118 Å². The molecule has 2 atom stereocenters. The van der Waals surface area contributed by atoms with E-state index in [4.69, 9.17) is 8.61 Å². The lowest BCUT2D eigenvalue weighted by molar-refractivity contribution is 0.0761. The van der Waals surface area contributed by atoms with Crippen molar-refractivity contribution in [3.63, 3.8) is 0 Å². The Morgan fingerprint density at radius 2 is 1.68 bits per heavy atom. The highest BCUT2D eigenvalue weighted by molar-refractivity contribution is 7.86. The van der Waals surface area contributed by atoms with Gasteiger partial charge in [0, 0.05) is 19.5 Å². The molecule has 114 valence electrons. The molecule has 0 saturated carbocycles. The summed E-state index contributed by atoms with van der Waals surface area (Å²) in [5, 5.41) is 3.34. The van der Waals surface area contributed by atoms with Crippen LogP contribution < -0.4 is 5.32 Å². The van der Waals surface area contributed by atoms with Crippen LogP contribution in [-0.2, 0) is 18.7 Å². The first-order chi connectivity index (χ1) is 8.41. The number of piperidine rings is 1. The highest BCUT2D eigenvalue weighted by Gasteiger charge is 2.40. The normalized spacial score (nSPS) is 26.4. The van der Waals surface area contributed by atoms with Crippen LogP contribution in [0.3, 0.4) is 0 Å². The summed E-state index contributed by atoms with van der Waals surface area (Å²) in [4.78, 5) is 0. The van der Waals surface area contributed by atoms with Gasteiger partial charge in [0.1, 0.15) is 0 Å². The molecule has 19 heavy (non-hydrogen) atoms. The Morgan fingerprint density at radius 3 is 2.16 bits per heavy atom. The van der Waals surface area contributed by atoms with Crippen molar-refractivity contribution in [2.75, 3.05) is 19.3 Å². The minimum Gasteiger partial charge on any atom is -0.413 e. The molecule has 0 aliphatic carbocycles. The predicted octanol–water partition coefficient (Wildman–Crippen LogP) is 1.71. The third kappa shape index (κ3) is 5.51. The van der Waals surface area contributed by atoms with E-state index >= 15 is 0 Å². The smallest absolute Gasteiger partial charge is 0.264 e. The lowest BCUT2D eigenvalue weighted by Crippen LogP contribution is -2.51. The highest BCUT2D eigenvalue weighted by atomic mass is 32.2. The van der Waals surface area contributed by atoms with E-state index in [1.807, 2.05) is 0 Å². The van der Waals surface area contributed by atoms with E-state index in [0.29, 0.717) is 13.0 Å². The van der Waals surface area contributed by atoms with Gasteiger partial charge in [-0.05, 0) is 18.1 Å². The maximum absolute atomic E-state index is 11.2. The second-order valence-electron chi connectivity index (χ2n) is 6.82. The maximum Gasteiger partial charge on any atom is 0.264 e. The van der Waals surface area contributed by atoms with Crippen LogP contribution in [0, 0.1) is 0 Å². The molecule has 1 aliphatic heterocycles. The summed E-state index contributed by atoms with van der Waals surface area (Å²) in [7, 11) is -5.23. The van der Waals surface area contributed by atoms with Crippen molar-refractivity contribution in [1.82, 2.24) is 5.32 Å². The predicted molar refractivity (Wildman–Crippen MR) is 79.3 cm³/mol. The summed E-state index contributed by atoms with van der Waals surface area (Å²) < 4.78 is 33.7. The van der Waals surface area contributed by atoms with Crippen LogP contribution in [0.5, 0.6) is 0 Å². The minimum atomic E-state index is -3.40. The fraction of sp³-hybridized carbons (Fsp3) is 1.00. The fourth-order valence-electron chi connectivity index (χ4n) is 1.87. The van der Waals surface area contributed by atoms with E-state index in [-0.39, 0.29) is 17.2 Å². The van der Waals surface area contributed by atoms with Gasteiger partial charge in [-0.25, -0.2) is 0 Å². The molecule has 2 unspecified atom stereocenters. The Bertz CT molecular complexity index is 402. The van der Waals surface area contributed by atoms with E-state index in [1.54, 1.807) is 0 Å². The third-order valence-electron chi connectivity index (χ3n) is 3.85. The van der Waals surface area contributed by atoms with E-state index < -0.39 is 18.4 Å². The molecule has 0 bridgehead atoms. The Kier molecular flexibility index (Phi) is 5.23. The van der Waals surface area contributed by atoms with E-state index in [9.17, 15) is 8.42 Å². The molecule has 0 spiro atoms. The zero-order valence-electron chi connectivity index (χ0n) is 12.8. The molecule has 1 heterocycles. The summed E-state index contributed by atoms with van der Waals surface area (Å²) in [6.45, 7) is 12.3. The highest BCUT2D eigenvalue weighted by Crippen LogP contribution is 2.38. The van der Waals surface area contributed by atoms with Crippen LogP contribution >= 0.6 is 0 Å². The van der Waals surface area contributed by atoms with Gasteiger partial charge in [0.15, 0.2) is 8.32 Å². The van der Waals surface area contributed by atoms with Gasteiger partial charge in [0.2, 0.25) is 0 Å². The first kappa shape index (κ1) is 17.1. The van der Waals surface area contributed by atoms with Gasteiger partial charge in [-0.2, -0.15) is 8.42 Å².